The lowest BCUT2D eigenvalue weighted by molar-refractivity contribution is -0.142. The Morgan fingerprint density at radius 1 is 0.285 bits per heavy atom. The number of hydrogen-bond acceptors (Lipinski definition) is 25. The highest BCUT2D eigenvalue weighted by Gasteiger charge is 2.41. The molecule has 49 heteroatoms. The van der Waals surface area contributed by atoms with E-state index >= 15 is 0 Å². The Bertz CT molecular complexity index is 3830. The number of aliphatic imine (C=N–C) groups is 2. The maximum absolute atomic E-state index is 14.7. The third-order valence-corrected chi connectivity index (χ3v) is 20.5. The molecule has 0 aliphatic heterocycles. The predicted molar refractivity (Wildman–Crippen MR) is 473 cm³/mol. The summed E-state index contributed by atoms with van der Waals surface area (Å²) < 4.78 is 0. The molecule has 17 atom stereocenters. The fraction of sp³-hybridized carbons (Fsp3) is 0.728. The molecular formula is C81H144N24O25. The number of unbranched alkanes of at least 4 members (excludes halogenated alkanes) is 2. The molecule has 130 heavy (non-hydrogen) atoms. The van der Waals surface area contributed by atoms with E-state index in [4.69, 9.17) is 45.9 Å². The molecule has 0 fully saturated rings. The van der Waals surface area contributed by atoms with Crippen molar-refractivity contribution >= 4 is 130 Å². The molecule has 0 rings (SSSR count). The van der Waals surface area contributed by atoms with E-state index in [2.05, 4.69) is 84.4 Å². The van der Waals surface area contributed by atoms with Gasteiger partial charge in [0, 0.05) is 38.8 Å². The minimum Gasteiger partial charge on any atom is -0.481 e. The molecule has 35 N–H and O–H groups in total. The van der Waals surface area contributed by atoms with Crippen LogP contribution in [0.2, 0.25) is 0 Å². The highest BCUT2D eigenvalue weighted by molar-refractivity contribution is 6.01. The molecule has 0 aliphatic carbocycles. The van der Waals surface area contributed by atoms with Crippen molar-refractivity contribution in [3.63, 3.8) is 0 Å². The first-order valence-corrected chi connectivity index (χ1v) is 43.7. The summed E-state index contributed by atoms with van der Waals surface area (Å²) in [6.07, 6.45) is -6.71. The summed E-state index contributed by atoms with van der Waals surface area (Å²) >= 11 is 0. The van der Waals surface area contributed by atoms with Gasteiger partial charge in [0.15, 0.2) is 11.9 Å². The standard InChI is InChI=1S/C81H144N24O25/c1-12-43(9)63(77(127)92-45(11)79(129)130)105-78(128)64(44(10)13-2)104-72(122)48(22-15-17-33-83)94-69(119)51(25-29-60(109)110)98-73(123)55(37-41(5)6)101-70(120)52(26-30-61(111)112)97-67(117)49(23-19-35-91-81(88)89)95-76(126)57(39-58(85)106)103-71(121)53(27-31-62(113)114)96-66(116)47(21-14-16-32-82)93-68(118)50(24-28-59(107)108)99-74(124)56(38-42(7)8)102-75(125)54(36-40(3)4)100-65(115)46(84)20-18-34-90-80(86)87/h40-57,63-64H,12-39,82-84H2,1-11H3,(H2,85,106)(H,92,127)(H,93,118)(H,94,119)(H,95,126)(H,96,116)(H,97,117)(H,98,123)(H,99,124)(H,100,115)(H,101,120)(H,102,125)(H,103,121)(H,104,122)(H,105,128)(H,107,108)(H,109,110)(H,111,112)(H,113,114)(H,129,130)(H4,86,87,90)(H4,88,89,91)/t43-,44-,45-,46-,47-,48-,49-,50-,51-,52-,53-,54-,55-,56-,57-,63-,64-/m0/s1. The van der Waals surface area contributed by atoms with Gasteiger partial charge in [-0.2, -0.15) is 0 Å². The average Bonchev–Trinajstić information content (AvgIpc) is 0.850. The van der Waals surface area contributed by atoms with Gasteiger partial charge >= 0.3 is 29.8 Å². The second kappa shape index (κ2) is 62.9. The zero-order valence-electron chi connectivity index (χ0n) is 76.3. The predicted octanol–water partition coefficient (Wildman–Crippen LogP) is -5.86. The van der Waals surface area contributed by atoms with E-state index in [9.17, 15) is 121 Å². The summed E-state index contributed by atoms with van der Waals surface area (Å²) in [6, 6.07) is -24.2. The van der Waals surface area contributed by atoms with Crippen LogP contribution in [0.4, 0.5) is 0 Å². The molecule has 49 nitrogen and oxygen atoms in total. The third kappa shape index (κ3) is 49.4. The number of carbonyl (C=O) groups is 20. The zero-order chi connectivity index (χ0) is 99.4. The third-order valence-electron chi connectivity index (χ3n) is 20.5. The van der Waals surface area contributed by atoms with Gasteiger partial charge in [0.05, 0.1) is 12.5 Å². The number of rotatable bonds is 69. The minimum absolute atomic E-state index is 0.0435. The number of guanidine groups is 2. The molecule has 0 aromatic heterocycles. The van der Waals surface area contributed by atoms with Crippen molar-refractivity contribution in [1.29, 1.82) is 0 Å². The number of nitrogens with one attached hydrogen (secondary N) is 14. The smallest absolute Gasteiger partial charge is 0.325 e. The lowest BCUT2D eigenvalue weighted by Crippen LogP contribution is -2.61. The largest absolute Gasteiger partial charge is 0.481 e. The van der Waals surface area contributed by atoms with Gasteiger partial charge in [-0.1, -0.05) is 82.1 Å². The summed E-state index contributed by atoms with van der Waals surface area (Å²) in [5, 5.41) is 83.3. The minimum atomic E-state index is -2.13. The molecule has 0 aromatic carbocycles. The van der Waals surface area contributed by atoms with Gasteiger partial charge in [-0.15, -0.1) is 0 Å². The van der Waals surface area contributed by atoms with Crippen molar-refractivity contribution in [3.05, 3.63) is 0 Å². The van der Waals surface area contributed by atoms with E-state index < -0.39 is 297 Å². The lowest BCUT2D eigenvalue weighted by Gasteiger charge is -2.31. The van der Waals surface area contributed by atoms with Gasteiger partial charge < -0.3 is 146 Å². The number of nitrogens with two attached hydrogens (primary N) is 8. The number of carboxylic acid groups (broad SMARTS) is 5. The number of carboxylic acids is 5. The summed E-state index contributed by atoms with van der Waals surface area (Å²) in [6.45, 7) is 18.1. The molecule has 0 saturated heterocycles. The van der Waals surface area contributed by atoms with Crippen LogP contribution in [0.1, 0.15) is 230 Å². The van der Waals surface area contributed by atoms with E-state index in [1.165, 1.54) is 6.92 Å². The number of primary amides is 1. The van der Waals surface area contributed by atoms with E-state index in [0.29, 0.717) is 19.3 Å². The molecule has 0 aromatic rings. The first-order chi connectivity index (χ1) is 60.8. The first kappa shape index (κ1) is 118. The number of amides is 15. The normalized spacial score (nSPS) is 15.1. The SMILES string of the molecule is CC[C@H](C)[C@H](NC(=O)[C@H](CCCCN)NC(=O)[C@H](CCC(=O)O)NC(=O)[C@H](CC(C)C)NC(=O)[C@H](CCC(=O)O)NC(=O)[C@H](CCCN=C(N)N)NC(=O)[C@H](CC(N)=O)NC(=O)[C@H](CCC(=O)O)NC(=O)[C@H](CCCCN)NC(=O)[C@H](CCC(=O)O)NC(=O)[C@H](CC(C)C)NC(=O)[C@H](CC(C)C)NC(=O)[C@@H](N)CCCN=C(N)N)C(=O)N[C@H](C(=O)N[C@@H](C)C(=O)O)[C@@H](C)CC. The van der Waals surface area contributed by atoms with Gasteiger partial charge in [-0.25, -0.2) is 0 Å². The number of aliphatic carboxylic acids is 5. The van der Waals surface area contributed by atoms with Crippen LogP contribution < -0.4 is 120 Å². The summed E-state index contributed by atoms with van der Waals surface area (Å²) in [7, 11) is 0. The Labute approximate surface area is 755 Å². The maximum Gasteiger partial charge on any atom is 0.325 e. The second-order valence-electron chi connectivity index (χ2n) is 33.3. The van der Waals surface area contributed by atoms with Crippen molar-refractivity contribution in [3.8, 4) is 0 Å². The van der Waals surface area contributed by atoms with E-state index in [-0.39, 0.29) is 115 Å². The molecule has 0 spiro atoms. The molecule has 0 unspecified atom stereocenters. The average molecular weight is 1850 g/mol. The topological polar surface area (TPSA) is 844 Å². The van der Waals surface area contributed by atoms with Crippen LogP contribution in [0.25, 0.3) is 0 Å². The molecule has 738 valence electrons. The lowest BCUT2D eigenvalue weighted by atomic mass is 9.94. The monoisotopic (exact) mass is 1850 g/mol. The summed E-state index contributed by atoms with van der Waals surface area (Å²) in [4.78, 5) is 281. The Kier molecular flexibility index (Phi) is 57.0. The molecule has 0 aliphatic rings. The van der Waals surface area contributed by atoms with Crippen LogP contribution in [0.15, 0.2) is 9.98 Å². The van der Waals surface area contributed by atoms with E-state index in [1.54, 1.807) is 69.2 Å². The number of hydrogen-bond donors (Lipinski definition) is 27. The van der Waals surface area contributed by atoms with Crippen LogP contribution in [0.3, 0.4) is 0 Å². The van der Waals surface area contributed by atoms with E-state index in [0.717, 1.165) is 0 Å². The number of carbonyl (C=O) groups excluding carboxylic acids is 15. The van der Waals surface area contributed by atoms with Crippen LogP contribution in [0, 0.1) is 29.6 Å². The van der Waals surface area contributed by atoms with Crippen molar-refractivity contribution in [1.82, 2.24) is 74.4 Å². The van der Waals surface area contributed by atoms with Gasteiger partial charge in [0.2, 0.25) is 88.6 Å². The fourth-order valence-corrected chi connectivity index (χ4v) is 12.9. The maximum atomic E-state index is 14.7. The molecule has 15 amide bonds. The fourth-order valence-electron chi connectivity index (χ4n) is 12.9. The molecular weight excluding hydrogens is 1710 g/mol. The quantitative estimate of drug-likeness (QED) is 0.0153. The van der Waals surface area contributed by atoms with Crippen molar-refractivity contribution < 1.29 is 121 Å². The van der Waals surface area contributed by atoms with Crippen molar-refractivity contribution in [2.75, 3.05) is 26.2 Å². The van der Waals surface area contributed by atoms with Crippen LogP contribution in [0.5, 0.6) is 0 Å². The Morgan fingerprint density at radius 2 is 0.523 bits per heavy atom. The molecule has 0 heterocycles. The highest BCUT2D eigenvalue weighted by atomic mass is 16.4. The van der Waals surface area contributed by atoms with Crippen molar-refractivity contribution in [2.24, 2.45) is 85.4 Å². The van der Waals surface area contributed by atoms with Crippen LogP contribution in [-0.4, -0.2) is 273 Å². The van der Waals surface area contributed by atoms with E-state index in [1.807, 2.05) is 0 Å². The zero-order valence-corrected chi connectivity index (χ0v) is 76.3. The molecule has 0 radical (unpaired) electrons. The van der Waals surface area contributed by atoms with Gasteiger partial charge in [-0.05, 0) is 159 Å². The Balaban J connectivity index is 7.70. The molecule has 0 bridgehead atoms. The Hall–Kier alpha value is -12.2. The Morgan fingerprint density at radius 3 is 0.792 bits per heavy atom. The molecule has 0 saturated carbocycles. The van der Waals surface area contributed by atoms with Crippen molar-refractivity contribution in [2.45, 2.75) is 321 Å². The van der Waals surface area contributed by atoms with Crippen LogP contribution >= 0.6 is 0 Å². The first-order valence-electron chi connectivity index (χ1n) is 43.7. The highest BCUT2D eigenvalue weighted by Crippen LogP contribution is 2.19. The summed E-state index contributed by atoms with van der Waals surface area (Å²) in [5.41, 5.74) is 45.2. The van der Waals surface area contributed by atoms with Gasteiger partial charge in [-0.3, -0.25) is 106 Å². The van der Waals surface area contributed by atoms with Gasteiger partial charge in [0.1, 0.15) is 84.6 Å². The van der Waals surface area contributed by atoms with Crippen LogP contribution in [-0.2, 0) is 95.9 Å². The summed E-state index contributed by atoms with van der Waals surface area (Å²) in [5.74, 6) is -26.5. The second-order valence-corrected chi connectivity index (χ2v) is 33.3. The van der Waals surface area contributed by atoms with Gasteiger partial charge in [0.25, 0.3) is 0 Å². The number of nitrogens with zero attached hydrogens (tertiary/aromatic N) is 2.